The molecule has 15 heavy (non-hydrogen) atoms. The van der Waals surface area contributed by atoms with Gasteiger partial charge in [-0.1, -0.05) is 18.2 Å². The number of carbonyl (C=O) groups is 1. The fraction of sp³-hybridized carbons (Fsp3) is 0. The maximum absolute atomic E-state index is 11.2. The highest BCUT2D eigenvalue weighted by atomic mass is 32.1. The molecular formula is C11H10N2OS. The molecule has 4 N–H and O–H groups in total. The van der Waals surface area contributed by atoms with Gasteiger partial charge in [0.25, 0.3) is 0 Å². The number of benzene rings is 1. The number of anilines is 1. The smallest absolute Gasteiger partial charge is 0.249 e. The van der Waals surface area contributed by atoms with Crippen molar-refractivity contribution in [2.75, 3.05) is 5.73 Å². The van der Waals surface area contributed by atoms with Crippen LogP contribution in [0.1, 0.15) is 10.4 Å². The first kappa shape index (κ1) is 9.73. The van der Waals surface area contributed by atoms with Crippen LogP contribution in [0.2, 0.25) is 0 Å². The van der Waals surface area contributed by atoms with Gasteiger partial charge >= 0.3 is 0 Å². The average molecular weight is 218 g/mol. The quantitative estimate of drug-likeness (QED) is 0.810. The Bertz CT molecular complexity index is 505. The summed E-state index contributed by atoms with van der Waals surface area (Å²) in [4.78, 5) is 11.2. The molecule has 1 amide bonds. The van der Waals surface area contributed by atoms with E-state index in [-0.39, 0.29) is 0 Å². The summed E-state index contributed by atoms with van der Waals surface area (Å²) in [6.45, 7) is 0. The Morgan fingerprint density at radius 1 is 1.13 bits per heavy atom. The summed E-state index contributed by atoms with van der Waals surface area (Å²) in [6, 6.07) is 9.08. The van der Waals surface area contributed by atoms with Crippen LogP contribution in [-0.4, -0.2) is 5.91 Å². The van der Waals surface area contributed by atoms with Crippen LogP contribution in [-0.2, 0) is 0 Å². The Kier molecular flexibility index (Phi) is 2.43. The second kappa shape index (κ2) is 3.74. The SMILES string of the molecule is NC(=O)c1ccccc1-c1ccsc1N. The minimum Gasteiger partial charge on any atom is -0.390 e. The number of nitrogen functional groups attached to an aromatic ring is 1. The number of carbonyl (C=O) groups excluding carboxylic acids is 1. The topological polar surface area (TPSA) is 69.1 Å². The van der Waals surface area contributed by atoms with Gasteiger partial charge in [-0.15, -0.1) is 11.3 Å². The Morgan fingerprint density at radius 2 is 1.87 bits per heavy atom. The van der Waals surface area contributed by atoms with Gasteiger partial charge in [0.05, 0.1) is 5.00 Å². The Hall–Kier alpha value is -1.81. The highest BCUT2D eigenvalue weighted by Gasteiger charge is 2.11. The highest BCUT2D eigenvalue weighted by molar-refractivity contribution is 7.14. The zero-order valence-electron chi connectivity index (χ0n) is 7.94. The molecular weight excluding hydrogens is 208 g/mol. The van der Waals surface area contributed by atoms with Crippen molar-refractivity contribution in [3.63, 3.8) is 0 Å². The van der Waals surface area contributed by atoms with E-state index in [1.807, 2.05) is 23.6 Å². The van der Waals surface area contributed by atoms with Gasteiger partial charge in [-0.3, -0.25) is 4.79 Å². The molecule has 4 heteroatoms. The predicted octanol–water partition coefficient (Wildman–Crippen LogP) is 2.10. The van der Waals surface area contributed by atoms with E-state index in [1.165, 1.54) is 11.3 Å². The van der Waals surface area contributed by atoms with Crippen LogP contribution in [0.25, 0.3) is 11.1 Å². The second-order valence-electron chi connectivity index (χ2n) is 3.11. The molecule has 0 fully saturated rings. The molecule has 0 radical (unpaired) electrons. The van der Waals surface area contributed by atoms with E-state index in [2.05, 4.69) is 0 Å². The maximum atomic E-state index is 11.2. The zero-order valence-corrected chi connectivity index (χ0v) is 8.75. The molecule has 2 rings (SSSR count). The van der Waals surface area contributed by atoms with Gasteiger partial charge in [-0.25, -0.2) is 0 Å². The third-order valence-corrected chi connectivity index (χ3v) is 2.92. The molecule has 0 saturated carbocycles. The molecule has 76 valence electrons. The summed E-state index contributed by atoms with van der Waals surface area (Å²) < 4.78 is 0. The van der Waals surface area contributed by atoms with Crippen molar-refractivity contribution in [1.82, 2.24) is 0 Å². The van der Waals surface area contributed by atoms with E-state index >= 15 is 0 Å². The standard InChI is InChI=1S/C11H10N2OS/c12-10(14)8-4-2-1-3-7(8)9-5-6-15-11(9)13/h1-6H,13H2,(H2,12,14). The van der Waals surface area contributed by atoms with Crippen LogP contribution >= 0.6 is 11.3 Å². The van der Waals surface area contributed by atoms with Crippen molar-refractivity contribution in [3.05, 3.63) is 41.3 Å². The van der Waals surface area contributed by atoms with Gasteiger partial charge in [0.15, 0.2) is 0 Å². The first-order chi connectivity index (χ1) is 7.20. The van der Waals surface area contributed by atoms with Crippen LogP contribution < -0.4 is 11.5 Å². The van der Waals surface area contributed by atoms with Crippen molar-refractivity contribution >= 4 is 22.2 Å². The van der Waals surface area contributed by atoms with Gasteiger partial charge in [0.2, 0.25) is 5.91 Å². The van der Waals surface area contributed by atoms with Crippen molar-refractivity contribution in [3.8, 4) is 11.1 Å². The molecule has 0 aliphatic carbocycles. The van der Waals surface area contributed by atoms with Gasteiger partial charge < -0.3 is 11.5 Å². The molecule has 1 aromatic heterocycles. The Morgan fingerprint density at radius 3 is 2.47 bits per heavy atom. The lowest BCUT2D eigenvalue weighted by Gasteiger charge is -2.05. The maximum Gasteiger partial charge on any atom is 0.249 e. The molecule has 3 nitrogen and oxygen atoms in total. The second-order valence-corrected chi connectivity index (χ2v) is 4.06. The van der Waals surface area contributed by atoms with E-state index in [1.54, 1.807) is 12.1 Å². The van der Waals surface area contributed by atoms with Gasteiger partial charge in [-0.2, -0.15) is 0 Å². The third-order valence-electron chi connectivity index (χ3n) is 2.18. The average Bonchev–Trinajstić information content (AvgIpc) is 2.64. The van der Waals surface area contributed by atoms with Crippen LogP contribution in [0.4, 0.5) is 5.00 Å². The van der Waals surface area contributed by atoms with Crippen molar-refractivity contribution in [2.24, 2.45) is 5.73 Å². The van der Waals surface area contributed by atoms with Crippen LogP contribution in [0.3, 0.4) is 0 Å². The predicted molar refractivity (Wildman–Crippen MR) is 62.7 cm³/mol. The zero-order chi connectivity index (χ0) is 10.8. The minimum atomic E-state index is -0.434. The fourth-order valence-electron chi connectivity index (χ4n) is 1.48. The fourth-order valence-corrected chi connectivity index (χ4v) is 2.13. The summed E-state index contributed by atoms with van der Waals surface area (Å²) >= 11 is 1.45. The highest BCUT2D eigenvalue weighted by Crippen LogP contribution is 2.32. The number of hydrogen-bond donors (Lipinski definition) is 2. The number of primary amides is 1. The van der Waals surface area contributed by atoms with Crippen molar-refractivity contribution in [1.29, 1.82) is 0 Å². The molecule has 0 aliphatic heterocycles. The summed E-state index contributed by atoms with van der Waals surface area (Å²) in [6.07, 6.45) is 0. The van der Waals surface area contributed by atoms with E-state index in [9.17, 15) is 4.79 Å². The summed E-state index contributed by atoms with van der Waals surface area (Å²) in [5.74, 6) is -0.434. The summed E-state index contributed by atoms with van der Waals surface area (Å²) in [5, 5.41) is 2.59. The third kappa shape index (κ3) is 1.71. The molecule has 0 saturated heterocycles. The summed E-state index contributed by atoms with van der Waals surface area (Å²) in [7, 11) is 0. The molecule has 0 aliphatic rings. The number of amides is 1. The van der Waals surface area contributed by atoms with Crippen LogP contribution in [0, 0.1) is 0 Å². The number of hydrogen-bond acceptors (Lipinski definition) is 3. The molecule has 2 aromatic rings. The molecule has 1 aromatic carbocycles. The van der Waals surface area contributed by atoms with Gasteiger partial charge in [0.1, 0.15) is 0 Å². The number of nitrogens with two attached hydrogens (primary N) is 2. The number of thiophene rings is 1. The van der Waals surface area contributed by atoms with E-state index in [4.69, 9.17) is 11.5 Å². The molecule has 1 heterocycles. The van der Waals surface area contributed by atoms with Gasteiger partial charge in [0, 0.05) is 11.1 Å². The van der Waals surface area contributed by atoms with Crippen molar-refractivity contribution < 1.29 is 4.79 Å². The Labute approximate surface area is 91.3 Å². The monoisotopic (exact) mass is 218 g/mol. The van der Waals surface area contributed by atoms with E-state index in [0.717, 1.165) is 11.1 Å². The minimum absolute atomic E-state index is 0.434. The lowest BCUT2D eigenvalue weighted by molar-refractivity contribution is 0.100. The number of rotatable bonds is 2. The lowest BCUT2D eigenvalue weighted by atomic mass is 10.0. The molecule has 0 unspecified atom stereocenters. The van der Waals surface area contributed by atoms with E-state index in [0.29, 0.717) is 10.6 Å². The first-order valence-corrected chi connectivity index (χ1v) is 5.30. The normalized spacial score (nSPS) is 10.1. The van der Waals surface area contributed by atoms with Crippen LogP contribution in [0.15, 0.2) is 35.7 Å². The van der Waals surface area contributed by atoms with Crippen LogP contribution in [0.5, 0.6) is 0 Å². The van der Waals surface area contributed by atoms with Gasteiger partial charge in [-0.05, 0) is 23.1 Å². The largest absolute Gasteiger partial charge is 0.390 e. The molecule has 0 bridgehead atoms. The molecule has 0 spiro atoms. The lowest BCUT2D eigenvalue weighted by Crippen LogP contribution is -2.12. The Balaban J connectivity index is 2.63. The first-order valence-electron chi connectivity index (χ1n) is 4.42. The van der Waals surface area contributed by atoms with E-state index < -0.39 is 5.91 Å². The summed E-state index contributed by atoms with van der Waals surface area (Å²) in [5.41, 5.74) is 13.3. The molecule has 0 atom stereocenters. The van der Waals surface area contributed by atoms with Crippen molar-refractivity contribution in [2.45, 2.75) is 0 Å².